The Morgan fingerprint density at radius 2 is 1.60 bits per heavy atom. The predicted octanol–water partition coefficient (Wildman–Crippen LogP) is 6.60. The average Bonchev–Trinajstić information content (AvgIpc) is 3.35. The maximum Gasteiger partial charge on any atom is 0.297 e. The first-order valence-electron chi connectivity index (χ1n) is 11.0. The minimum absolute atomic E-state index is 0.160. The highest BCUT2D eigenvalue weighted by molar-refractivity contribution is 7.07. The zero-order valence-corrected chi connectivity index (χ0v) is 21.5. The van der Waals surface area contributed by atoms with Gasteiger partial charge in [-0.2, -0.15) is 0 Å². The van der Waals surface area contributed by atoms with E-state index in [0.717, 1.165) is 33.0 Å². The molecule has 0 saturated heterocycles. The second-order valence-electron chi connectivity index (χ2n) is 8.13. The largest absolute Gasteiger partial charge is 0.312 e. The SMILES string of the molecule is Cc1c(N=c2scc(-c3ccc(Cl)c(Cl)c3)n2Cc2ccccc2)c(=O)n(-c2ccccc2)n1C. The highest BCUT2D eigenvalue weighted by Crippen LogP contribution is 2.29. The highest BCUT2D eigenvalue weighted by atomic mass is 35.5. The van der Waals surface area contributed by atoms with E-state index in [2.05, 4.69) is 16.7 Å². The zero-order chi connectivity index (χ0) is 24.5. The molecule has 0 amide bonds. The van der Waals surface area contributed by atoms with Crippen molar-refractivity contribution in [3.05, 3.63) is 121 Å². The van der Waals surface area contributed by atoms with Gasteiger partial charge in [-0.15, -0.1) is 11.3 Å². The van der Waals surface area contributed by atoms with Crippen molar-refractivity contribution in [2.45, 2.75) is 13.5 Å². The molecule has 0 N–H and O–H groups in total. The van der Waals surface area contributed by atoms with Crippen molar-refractivity contribution in [2.75, 3.05) is 0 Å². The second kappa shape index (κ2) is 9.74. The molecule has 0 atom stereocenters. The van der Waals surface area contributed by atoms with Crippen LogP contribution >= 0.6 is 34.5 Å². The minimum atomic E-state index is -0.160. The summed E-state index contributed by atoms with van der Waals surface area (Å²) in [5.41, 5.74) is 4.85. The minimum Gasteiger partial charge on any atom is -0.312 e. The Bertz CT molecular complexity index is 1630. The van der Waals surface area contributed by atoms with Gasteiger partial charge in [0, 0.05) is 18.0 Å². The van der Waals surface area contributed by atoms with E-state index in [-0.39, 0.29) is 5.56 Å². The molecule has 5 aromatic rings. The number of nitrogens with zero attached hydrogens (tertiary/aromatic N) is 4. The van der Waals surface area contributed by atoms with Crippen LogP contribution in [0, 0.1) is 6.92 Å². The van der Waals surface area contributed by atoms with Crippen LogP contribution in [0.2, 0.25) is 10.0 Å². The maximum atomic E-state index is 13.5. The first-order chi connectivity index (χ1) is 16.9. The average molecular weight is 521 g/mol. The summed E-state index contributed by atoms with van der Waals surface area (Å²) in [5.74, 6) is 0. The van der Waals surface area contributed by atoms with E-state index in [1.165, 1.54) is 11.3 Å². The van der Waals surface area contributed by atoms with E-state index < -0.39 is 0 Å². The Hall–Kier alpha value is -3.32. The Balaban J connectivity index is 1.71. The van der Waals surface area contributed by atoms with Gasteiger partial charge in [0.15, 0.2) is 10.5 Å². The third-order valence-electron chi connectivity index (χ3n) is 5.93. The van der Waals surface area contributed by atoms with Crippen LogP contribution in [0.5, 0.6) is 0 Å². The Morgan fingerprint density at radius 3 is 2.29 bits per heavy atom. The van der Waals surface area contributed by atoms with Gasteiger partial charge in [-0.05, 0) is 36.8 Å². The van der Waals surface area contributed by atoms with Crippen molar-refractivity contribution in [2.24, 2.45) is 12.0 Å². The fourth-order valence-electron chi connectivity index (χ4n) is 4.00. The zero-order valence-electron chi connectivity index (χ0n) is 19.2. The van der Waals surface area contributed by atoms with Crippen molar-refractivity contribution in [1.29, 1.82) is 0 Å². The lowest BCUT2D eigenvalue weighted by molar-refractivity contribution is 0.630. The molecule has 0 aliphatic carbocycles. The lowest BCUT2D eigenvalue weighted by atomic mass is 10.1. The standard InChI is InChI=1S/C27H22Cl2N4OS/c1-18-25(26(34)33(31(18)2)21-11-7-4-8-12-21)30-27-32(16-19-9-5-3-6-10-19)24(17-35-27)20-13-14-22(28)23(29)15-20/h3-15,17H,16H2,1-2H3. The summed E-state index contributed by atoms with van der Waals surface area (Å²) in [7, 11) is 1.87. The van der Waals surface area contributed by atoms with Gasteiger partial charge in [-0.3, -0.25) is 9.48 Å². The second-order valence-corrected chi connectivity index (χ2v) is 9.78. The van der Waals surface area contributed by atoms with E-state index in [1.807, 2.05) is 84.7 Å². The number of rotatable bonds is 5. The van der Waals surface area contributed by atoms with E-state index in [0.29, 0.717) is 22.3 Å². The van der Waals surface area contributed by atoms with E-state index in [4.69, 9.17) is 28.2 Å². The quantitative estimate of drug-likeness (QED) is 0.257. The molecule has 8 heteroatoms. The van der Waals surface area contributed by atoms with Gasteiger partial charge in [0.05, 0.1) is 33.7 Å². The van der Waals surface area contributed by atoms with Gasteiger partial charge in [-0.25, -0.2) is 9.67 Å². The summed E-state index contributed by atoms with van der Waals surface area (Å²) in [5, 5.41) is 3.03. The van der Waals surface area contributed by atoms with Gasteiger partial charge in [0.2, 0.25) is 0 Å². The van der Waals surface area contributed by atoms with Gasteiger partial charge < -0.3 is 4.57 Å². The summed E-state index contributed by atoms with van der Waals surface area (Å²) < 4.78 is 5.59. The predicted molar refractivity (Wildman–Crippen MR) is 144 cm³/mol. The third kappa shape index (κ3) is 4.52. The molecular weight excluding hydrogens is 499 g/mol. The van der Waals surface area contributed by atoms with Crippen molar-refractivity contribution >= 4 is 40.2 Å². The summed E-state index contributed by atoms with van der Waals surface area (Å²) in [4.78, 5) is 19.1. The third-order valence-corrected chi connectivity index (χ3v) is 7.53. The van der Waals surface area contributed by atoms with Crippen LogP contribution in [0.15, 0.2) is 94.0 Å². The molecule has 5 rings (SSSR count). The molecule has 0 fully saturated rings. The number of hydrogen-bond acceptors (Lipinski definition) is 3. The Labute approximate surface area is 216 Å². The first-order valence-corrected chi connectivity index (χ1v) is 12.6. The summed E-state index contributed by atoms with van der Waals surface area (Å²) in [6, 6.07) is 25.3. The molecule has 0 radical (unpaired) electrons. The van der Waals surface area contributed by atoms with Gasteiger partial charge >= 0.3 is 0 Å². The molecule has 5 nitrogen and oxygen atoms in total. The van der Waals surface area contributed by atoms with Crippen LogP contribution in [0.25, 0.3) is 16.9 Å². The van der Waals surface area contributed by atoms with Crippen molar-refractivity contribution in [1.82, 2.24) is 13.9 Å². The number of halogens is 2. The van der Waals surface area contributed by atoms with Crippen LogP contribution in [0.4, 0.5) is 5.69 Å². The molecular formula is C27H22Cl2N4OS. The first kappa shape index (κ1) is 23.4. The number of benzene rings is 3. The fourth-order valence-corrected chi connectivity index (χ4v) is 5.21. The van der Waals surface area contributed by atoms with Crippen LogP contribution in [-0.4, -0.2) is 13.9 Å². The summed E-state index contributed by atoms with van der Waals surface area (Å²) >= 11 is 14.0. The van der Waals surface area contributed by atoms with E-state index >= 15 is 0 Å². The molecule has 0 spiro atoms. The number of hydrogen-bond donors (Lipinski definition) is 0. The van der Waals surface area contributed by atoms with Gasteiger partial charge in [0.1, 0.15) is 0 Å². The van der Waals surface area contributed by atoms with Crippen molar-refractivity contribution in [3.8, 4) is 16.9 Å². The smallest absolute Gasteiger partial charge is 0.297 e. The highest BCUT2D eigenvalue weighted by Gasteiger charge is 2.17. The Morgan fingerprint density at radius 1 is 0.914 bits per heavy atom. The molecule has 2 heterocycles. The molecule has 3 aromatic carbocycles. The monoisotopic (exact) mass is 520 g/mol. The number of thiazole rings is 1. The molecule has 176 valence electrons. The Kier molecular flexibility index (Phi) is 6.52. The summed E-state index contributed by atoms with van der Waals surface area (Å²) in [6.07, 6.45) is 0. The van der Waals surface area contributed by atoms with E-state index in [9.17, 15) is 4.79 Å². The van der Waals surface area contributed by atoms with Crippen molar-refractivity contribution < 1.29 is 0 Å². The van der Waals surface area contributed by atoms with Crippen molar-refractivity contribution in [3.63, 3.8) is 0 Å². The molecule has 2 aromatic heterocycles. The van der Waals surface area contributed by atoms with E-state index in [1.54, 1.807) is 10.7 Å². The topological polar surface area (TPSA) is 44.2 Å². The van der Waals surface area contributed by atoms with Gasteiger partial charge in [-0.1, -0.05) is 77.8 Å². The van der Waals surface area contributed by atoms with Crippen LogP contribution in [0.1, 0.15) is 11.3 Å². The molecule has 0 unspecified atom stereocenters. The van der Waals surface area contributed by atoms with Crippen LogP contribution in [0.3, 0.4) is 0 Å². The fraction of sp³-hybridized carbons (Fsp3) is 0.111. The lowest BCUT2D eigenvalue weighted by Gasteiger charge is -2.10. The molecule has 0 aliphatic rings. The molecule has 0 bridgehead atoms. The molecule has 35 heavy (non-hydrogen) atoms. The van der Waals surface area contributed by atoms with Gasteiger partial charge in [0.25, 0.3) is 5.56 Å². The number of para-hydroxylation sites is 1. The normalized spacial score (nSPS) is 11.8. The number of aromatic nitrogens is 3. The maximum absolute atomic E-state index is 13.5. The lowest BCUT2D eigenvalue weighted by Crippen LogP contribution is -2.20. The van der Waals surface area contributed by atoms with Crippen LogP contribution < -0.4 is 10.4 Å². The molecule has 0 saturated carbocycles. The van der Waals surface area contributed by atoms with Crippen LogP contribution in [-0.2, 0) is 13.6 Å². The molecule has 0 aliphatic heterocycles. The summed E-state index contributed by atoms with van der Waals surface area (Å²) in [6.45, 7) is 2.51.